The van der Waals surface area contributed by atoms with Gasteiger partial charge >= 0.3 is 12.7 Å². The molecule has 4 rings (SSSR count). The molecular weight excluding hydrogens is 478 g/mol. The number of fused-ring (bicyclic) bond motifs is 1. The molecule has 0 unspecified atom stereocenters. The molecule has 3 aromatic rings. The van der Waals surface area contributed by atoms with Gasteiger partial charge in [0.1, 0.15) is 11.4 Å². The average Bonchev–Trinajstić information content (AvgIpc) is 3.09. The molecule has 1 heterocycles. The topological polar surface area (TPSA) is 77.4 Å². The third-order valence-corrected chi connectivity index (χ3v) is 6.40. The third kappa shape index (κ3) is 6.90. The second-order valence-electron chi connectivity index (χ2n) is 11.7. The van der Waals surface area contributed by atoms with Crippen molar-refractivity contribution in [2.45, 2.75) is 79.1 Å². The van der Waals surface area contributed by atoms with Crippen LogP contribution in [0.15, 0.2) is 42.5 Å². The summed E-state index contributed by atoms with van der Waals surface area (Å²) in [7, 11) is 0. The van der Waals surface area contributed by atoms with Crippen LogP contribution in [-0.4, -0.2) is 27.9 Å². The van der Waals surface area contributed by atoms with Crippen molar-refractivity contribution >= 4 is 34.4 Å². The Kier molecular flexibility index (Phi) is 7.35. The van der Waals surface area contributed by atoms with E-state index in [0.717, 1.165) is 30.3 Å². The van der Waals surface area contributed by atoms with Gasteiger partial charge in [-0.3, -0.25) is 5.32 Å². The first-order valence-electron chi connectivity index (χ1n) is 12.6. The zero-order valence-corrected chi connectivity index (χ0v) is 22.3. The van der Waals surface area contributed by atoms with E-state index in [1.165, 1.54) is 12.1 Å². The summed E-state index contributed by atoms with van der Waals surface area (Å²) in [4.78, 5) is 17.2. The highest BCUT2D eigenvalue weighted by Gasteiger charge is 2.34. The van der Waals surface area contributed by atoms with Crippen molar-refractivity contribution in [3.05, 3.63) is 42.5 Å². The molecule has 1 aliphatic carbocycles. The largest absolute Gasteiger partial charge is 0.444 e. The fraction of sp³-hybridized carbons (Fsp3) is 0.500. The maximum atomic E-state index is 12.5. The fourth-order valence-electron chi connectivity index (χ4n) is 5.40. The van der Waals surface area contributed by atoms with Crippen LogP contribution >= 0.6 is 0 Å². The fourth-order valence-corrected chi connectivity index (χ4v) is 5.40. The summed E-state index contributed by atoms with van der Waals surface area (Å²) >= 11 is 0. The van der Waals surface area contributed by atoms with E-state index in [0.29, 0.717) is 23.2 Å². The predicted octanol–water partition coefficient (Wildman–Crippen LogP) is 8.12. The molecule has 2 aromatic carbocycles. The van der Waals surface area contributed by atoms with Crippen LogP contribution in [0, 0.1) is 11.3 Å². The van der Waals surface area contributed by atoms with Gasteiger partial charge in [-0.05, 0) is 93.8 Å². The van der Waals surface area contributed by atoms with E-state index in [4.69, 9.17) is 9.72 Å². The van der Waals surface area contributed by atoms with Gasteiger partial charge in [0.25, 0.3) is 0 Å². The lowest BCUT2D eigenvalue weighted by molar-refractivity contribution is -0.0498. The minimum Gasteiger partial charge on any atom is -0.444 e. The first-order chi connectivity index (χ1) is 17.3. The minimum absolute atomic E-state index is 0.0924. The highest BCUT2D eigenvalue weighted by atomic mass is 19.3. The zero-order valence-electron chi connectivity index (χ0n) is 22.3. The molecule has 1 fully saturated rings. The third-order valence-electron chi connectivity index (χ3n) is 6.40. The lowest BCUT2D eigenvalue weighted by Crippen LogP contribution is -2.29. The quantitative estimate of drug-likeness (QED) is 0.347. The molecule has 0 aliphatic heterocycles. The molecule has 0 saturated heterocycles. The lowest BCUT2D eigenvalue weighted by atomic mass is 9.70. The smallest absolute Gasteiger partial charge is 0.412 e. The Morgan fingerprint density at radius 1 is 1.11 bits per heavy atom. The van der Waals surface area contributed by atoms with E-state index in [9.17, 15) is 13.6 Å². The van der Waals surface area contributed by atoms with Gasteiger partial charge in [-0.2, -0.15) is 8.78 Å². The second-order valence-corrected chi connectivity index (χ2v) is 11.7. The van der Waals surface area contributed by atoms with Gasteiger partial charge in [0.15, 0.2) is 0 Å². The lowest BCUT2D eigenvalue weighted by Gasteiger charge is -2.40. The predicted molar refractivity (Wildman–Crippen MR) is 142 cm³/mol. The molecule has 9 heteroatoms. The number of hydrogen-bond donors (Lipinski definition) is 2. The van der Waals surface area contributed by atoms with Crippen LogP contribution in [0.4, 0.5) is 30.9 Å². The maximum absolute atomic E-state index is 12.5. The van der Waals surface area contributed by atoms with E-state index in [1.807, 2.05) is 39.0 Å². The first-order valence-corrected chi connectivity index (χ1v) is 12.6. The molecule has 1 aromatic heterocycles. The maximum Gasteiger partial charge on any atom is 0.412 e. The van der Waals surface area contributed by atoms with Crippen molar-refractivity contribution < 1.29 is 23.0 Å². The van der Waals surface area contributed by atoms with Crippen LogP contribution in [0.25, 0.3) is 11.0 Å². The number of halogens is 2. The van der Waals surface area contributed by atoms with Crippen molar-refractivity contribution in [3.63, 3.8) is 0 Å². The molecule has 0 radical (unpaired) electrons. The van der Waals surface area contributed by atoms with Crippen molar-refractivity contribution in [2.75, 3.05) is 10.6 Å². The molecule has 37 heavy (non-hydrogen) atoms. The van der Waals surface area contributed by atoms with E-state index in [-0.39, 0.29) is 17.2 Å². The first kappa shape index (κ1) is 26.7. The van der Waals surface area contributed by atoms with Crippen molar-refractivity contribution in [3.8, 4) is 5.75 Å². The van der Waals surface area contributed by atoms with Gasteiger partial charge in [0.2, 0.25) is 5.95 Å². The summed E-state index contributed by atoms with van der Waals surface area (Å²) in [5.41, 5.74) is 2.54. The molecule has 1 amide bonds. The average molecular weight is 515 g/mol. The summed E-state index contributed by atoms with van der Waals surface area (Å²) in [6.45, 7) is 9.45. The standard InChI is InChI=1S/C28H36F2N4O3/c1-17-13-20(16-28(5,6)15-17)34-23-12-9-19(32-26(35)37-27(2,3)4)14-22(23)33-25(34)31-18-7-10-21(11-8-18)36-24(29)30/h7-12,14,17,20,24H,13,15-16H2,1-6H3,(H,31,33)(H,32,35)/t17-,20+/m1/s1. The summed E-state index contributed by atoms with van der Waals surface area (Å²) in [5, 5.41) is 6.15. The Bertz CT molecular complexity index is 1250. The zero-order chi connectivity index (χ0) is 27.0. The Hall–Kier alpha value is -3.36. The molecule has 7 nitrogen and oxygen atoms in total. The molecule has 2 N–H and O–H groups in total. The number of imidazole rings is 1. The number of carbonyl (C=O) groups excluding carboxylic acids is 1. The molecule has 2 atom stereocenters. The van der Waals surface area contributed by atoms with E-state index < -0.39 is 18.3 Å². The van der Waals surface area contributed by atoms with Gasteiger partial charge in [-0.15, -0.1) is 0 Å². The normalized spacial score (nSPS) is 19.6. The van der Waals surface area contributed by atoms with Crippen molar-refractivity contribution in [1.82, 2.24) is 9.55 Å². The molecule has 0 spiro atoms. The van der Waals surface area contributed by atoms with Gasteiger partial charge in [-0.25, -0.2) is 9.78 Å². The highest BCUT2D eigenvalue weighted by Crippen LogP contribution is 2.46. The summed E-state index contributed by atoms with van der Waals surface area (Å²) < 4.78 is 37.2. The Morgan fingerprint density at radius 3 is 2.41 bits per heavy atom. The number of aromatic nitrogens is 2. The van der Waals surface area contributed by atoms with Gasteiger partial charge in [0, 0.05) is 17.4 Å². The Balaban J connectivity index is 1.69. The molecule has 200 valence electrons. The van der Waals surface area contributed by atoms with E-state index in [2.05, 4.69) is 40.7 Å². The number of anilines is 3. The van der Waals surface area contributed by atoms with Crippen LogP contribution in [0.3, 0.4) is 0 Å². The van der Waals surface area contributed by atoms with Crippen LogP contribution in [-0.2, 0) is 4.74 Å². The highest BCUT2D eigenvalue weighted by molar-refractivity contribution is 5.90. The Morgan fingerprint density at radius 2 is 1.78 bits per heavy atom. The van der Waals surface area contributed by atoms with Crippen molar-refractivity contribution in [2.24, 2.45) is 11.3 Å². The molecule has 1 aliphatic rings. The molecule has 0 bridgehead atoms. The number of nitrogens with one attached hydrogen (secondary N) is 2. The minimum atomic E-state index is -2.87. The molecular formula is C28H36F2N4O3. The van der Waals surface area contributed by atoms with E-state index >= 15 is 0 Å². The second kappa shape index (κ2) is 10.2. The number of ether oxygens (including phenoxy) is 2. The number of alkyl halides is 2. The van der Waals surface area contributed by atoms with Crippen molar-refractivity contribution in [1.29, 1.82) is 0 Å². The van der Waals surface area contributed by atoms with Crippen LogP contribution in [0.1, 0.15) is 66.8 Å². The number of hydrogen-bond acceptors (Lipinski definition) is 5. The van der Waals surface area contributed by atoms with Crippen LogP contribution in [0.5, 0.6) is 5.75 Å². The number of rotatable bonds is 6. The molecule has 1 saturated carbocycles. The number of amides is 1. The van der Waals surface area contributed by atoms with Gasteiger partial charge in [0.05, 0.1) is 11.0 Å². The number of nitrogens with zero attached hydrogens (tertiary/aromatic N) is 2. The van der Waals surface area contributed by atoms with Crippen LogP contribution < -0.4 is 15.4 Å². The Labute approximate surface area is 216 Å². The summed E-state index contributed by atoms with van der Waals surface area (Å²) in [6.07, 6.45) is 2.65. The number of benzene rings is 2. The van der Waals surface area contributed by atoms with Gasteiger partial charge < -0.3 is 19.4 Å². The number of carbonyl (C=O) groups is 1. The van der Waals surface area contributed by atoms with E-state index in [1.54, 1.807) is 12.1 Å². The summed E-state index contributed by atoms with van der Waals surface area (Å²) in [6, 6.07) is 12.2. The summed E-state index contributed by atoms with van der Waals surface area (Å²) in [5.74, 6) is 1.30. The SMILES string of the molecule is C[C@@H]1C[C@H](n2c(Nc3ccc(OC(F)F)cc3)nc3cc(NC(=O)OC(C)(C)C)ccc32)CC(C)(C)C1. The monoisotopic (exact) mass is 514 g/mol. The van der Waals surface area contributed by atoms with Crippen LogP contribution in [0.2, 0.25) is 0 Å². The van der Waals surface area contributed by atoms with Gasteiger partial charge in [-0.1, -0.05) is 20.8 Å².